The van der Waals surface area contributed by atoms with Crippen molar-refractivity contribution in [3.8, 4) is 6.07 Å². The van der Waals surface area contributed by atoms with Gasteiger partial charge in [-0.3, -0.25) is 4.79 Å². The van der Waals surface area contributed by atoms with Crippen LogP contribution in [-0.4, -0.2) is 5.78 Å². The number of rotatable bonds is 0. The Morgan fingerprint density at radius 3 is 2.61 bits per heavy atom. The topological polar surface area (TPSA) is 40.9 Å². The molecular formula is C16H17NO. The molecule has 2 heteroatoms. The Hall–Kier alpha value is -1.62. The lowest BCUT2D eigenvalue weighted by molar-refractivity contribution is 0.0684. The van der Waals surface area contributed by atoms with Crippen LogP contribution in [0.5, 0.6) is 0 Å². The number of Topliss-reactive ketones (excluding diaryl/α,β-unsaturated/α-hetero) is 1. The highest BCUT2D eigenvalue weighted by molar-refractivity contribution is 6.02. The van der Waals surface area contributed by atoms with Gasteiger partial charge in [-0.2, -0.15) is 5.26 Å². The van der Waals surface area contributed by atoms with E-state index in [4.69, 9.17) is 0 Å². The van der Waals surface area contributed by atoms with Crippen molar-refractivity contribution in [1.82, 2.24) is 0 Å². The second kappa shape index (κ2) is 4.24. The molecular weight excluding hydrogens is 222 g/mol. The van der Waals surface area contributed by atoms with Crippen molar-refractivity contribution in [3.63, 3.8) is 0 Å². The van der Waals surface area contributed by atoms with Crippen molar-refractivity contribution in [2.75, 3.05) is 0 Å². The van der Waals surface area contributed by atoms with Gasteiger partial charge in [0.05, 0.1) is 6.07 Å². The van der Waals surface area contributed by atoms with Gasteiger partial charge in [-0.25, -0.2) is 0 Å². The molecule has 1 aromatic carbocycles. The first-order valence-electron chi connectivity index (χ1n) is 6.79. The Kier molecular flexibility index (Phi) is 2.70. The molecule has 2 nitrogen and oxygen atoms in total. The van der Waals surface area contributed by atoms with Gasteiger partial charge in [0.25, 0.3) is 0 Å². The number of carbonyl (C=O) groups excluding carboxylic acids is 1. The van der Waals surface area contributed by atoms with Crippen LogP contribution in [-0.2, 0) is 6.42 Å². The van der Waals surface area contributed by atoms with Crippen LogP contribution in [0.1, 0.15) is 48.0 Å². The predicted octanol–water partition coefficient (Wildman–Crippen LogP) is 3.52. The van der Waals surface area contributed by atoms with E-state index in [-0.39, 0.29) is 11.2 Å². The Bertz CT molecular complexity index is 520. The van der Waals surface area contributed by atoms with Gasteiger partial charge in [-0.05, 0) is 30.2 Å². The molecule has 0 aliphatic heterocycles. The standard InChI is InChI=1S/C16H17NO/c17-11-14-15(18)13-7-3-2-6-12(13)10-16(14)8-4-1-5-9-16/h2-3,6-7,14H,1,4-5,8-10H2/t14-/m1/s1. The number of carbonyl (C=O) groups is 1. The SMILES string of the molecule is N#C[C@@H]1C(=O)c2ccccc2CC12CCCCC2. The van der Waals surface area contributed by atoms with E-state index in [1.54, 1.807) is 0 Å². The van der Waals surface area contributed by atoms with Crippen molar-refractivity contribution in [2.45, 2.75) is 38.5 Å². The van der Waals surface area contributed by atoms with Crippen LogP contribution in [0.2, 0.25) is 0 Å². The van der Waals surface area contributed by atoms with Gasteiger partial charge in [0, 0.05) is 5.56 Å². The minimum atomic E-state index is -0.423. The minimum Gasteiger partial charge on any atom is -0.293 e. The highest BCUT2D eigenvalue weighted by Gasteiger charge is 2.47. The first-order chi connectivity index (χ1) is 8.77. The molecule has 0 aromatic heterocycles. The van der Waals surface area contributed by atoms with Crippen molar-refractivity contribution in [2.24, 2.45) is 11.3 Å². The zero-order chi connectivity index (χ0) is 12.6. The molecule has 1 spiro atoms. The number of hydrogen-bond donors (Lipinski definition) is 0. The lowest BCUT2D eigenvalue weighted by atomic mass is 9.58. The molecule has 0 unspecified atom stereocenters. The van der Waals surface area contributed by atoms with E-state index >= 15 is 0 Å². The van der Waals surface area contributed by atoms with Gasteiger partial charge in [-0.1, -0.05) is 43.5 Å². The highest BCUT2D eigenvalue weighted by atomic mass is 16.1. The Labute approximate surface area is 108 Å². The molecule has 0 bridgehead atoms. The minimum absolute atomic E-state index is 0.0567. The fourth-order valence-electron chi connectivity index (χ4n) is 3.75. The summed E-state index contributed by atoms with van der Waals surface area (Å²) in [6, 6.07) is 10.1. The summed E-state index contributed by atoms with van der Waals surface area (Å²) in [5.41, 5.74) is 1.86. The van der Waals surface area contributed by atoms with Crippen LogP contribution in [0.15, 0.2) is 24.3 Å². The van der Waals surface area contributed by atoms with Crippen LogP contribution < -0.4 is 0 Å². The fraction of sp³-hybridized carbons (Fsp3) is 0.500. The van der Waals surface area contributed by atoms with Crippen LogP contribution in [0.4, 0.5) is 0 Å². The fourth-order valence-corrected chi connectivity index (χ4v) is 3.75. The van der Waals surface area contributed by atoms with E-state index in [0.717, 1.165) is 43.2 Å². The number of nitrogens with zero attached hydrogens (tertiary/aromatic N) is 1. The molecule has 0 radical (unpaired) electrons. The average Bonchev–Trinajstić information content (AvgIpc) is 2.40. The van der Waals surface area contributed by atoms with Crippen molar-refractivity contribution in [1.29, 1.82) is 5.26 Å². The summed E-state index contributed by atoms with van der Waals surface area (Å²) in [7, 11) is 0. The number of hydrogen-bond acceptors (Lipinski definition) is 2. The number of fused-ring (bicyclic) bond motifs is 1. The van der Waals surface area contributed by atoms with E-state index in [1.165, 1.54) is 6.42 Å². The normalized spacial score (nSPS) is 25.5. The molecule has 3 rings (SSSR count). The summed E-state index contributed by atoms with van der Waals surface area (Å²) >= 11 is 0. The average molecular weight is 239 g/mol. The van der Waals surface area contributed by atoms with Gasteiger partial charge >= 0.3 is 0 Å². The second-order valence-electron chi connectivity index (χ2n) is 5.68. The van der Waals surface area contributed by atoms with Gasteiger partial charge < -0.3 is 0 Å². The first-order valence-corrected chi connectivity index (χ1v) is 6.79. The van der Waals surface area contributed by atoms with Gasteiger partial charge in [0.15, 0.2) is 5.78 Å². The third kappa shape index (κ3) is 1.58. The monoisotopic (exact) mass is 239 g/mol. The summed E-state index contributed by atoms with van der Waals surface area (Å²) in [5.74, 6) is -0.367. The number of benzene rings is 1. The maximum Gasteiger partial charge on any atom is 0.180 e. The summed E-state index contributed by atoms with van der Waals surface area (Å²) in [5, 5.41) is 9.43. The zero-order valence-electron chi connectivity index (χ0n) is 10.5. The van der Waals surface area contributed by atoms with E-state index in [1.807, 2.05) is 18.2 Å². The maximum atomic E-state index is 12.5. The Morgan fingerprint density at radius 1 is 1.17 bits per heavy atom. The third-order valence-electron chi connectivity index (χ3n) is 4.68. The van der Waals surface area contributed by atoms with Crippen LogP contribution in [0.25, 0.3) is 0 Å². The molecule has 18 heavy (non-hydrogen) atoms. The van der Waals surface area contributed by atoms with Crippen molar-refractivity contribution in [3.05, 3.63) is 35.4 Å². The van der Waals surface area contributed by atoms with Gasteiger partial charge in [0.2, 0.25) is 0 Å². The van der Waals surface area contributed by atoms with Gasteiger partial charge in [0.1, 0.15) is 5.92 Å². The molecule has 0 amide bonds. The number of ketones is 1. The van der Waals surface area contributed by atoms with Crippen LogP contribution in [0, 0.1) is 22.7 Å². The maximum absolute atomic E-state index is 12.5. The Morgan fingerprint density at radius 2 is 1.89 bits per heavy atom. The molecule has 1 aromatic rings. The molecule has 1 fully saturated rings. The smallest absolute Gasteiger partial charge is 0.180 e. The van der Waals surface area contributed by atoms with Crippen molar-refractivity contribution >= 4 is 5.78 Å². The Balaban J connectivity index is 2.08. The molecule has 2 aliphatic rings. The molecule has 0 saturated heterocycles. The molecule has 0 N–H and O–H groups in total. The molecule has 0 heterocycles. The van der Waals surface area contributed by atoms with E-state index < -0.39 is 5.92 Å². The van der Waals surface area contributed by atoms with Crippen LogP contribution in [0.3, 0.4) is 0 Å². The van der Waals surface area contributed by atoms with Crippen LogP contribution >= 0.6 is 0 Å². The lowest BCUT2D eigenvalue weighted by Gasteiger charge is -2.43. The molecule has 1 saturated carbocycles. The molecule has 92 valence electrons. The summed E-state index contributed by atoms with van der Waals surface area (Å²) in [4.78, 5) is 12.5. The van der Waals surface area contributed by atoms with E-state index in [9.17, 15) is 10.1 Å². The lowest BCUT2D eigenvalue weighted by Crippen LogP contribution is -2.42. The van der Waals surface area contributed by atoms with E-state index in [0.29, 0.717) is 0 Å². The van der Waals surface area contributed by atoms with Crippen molar-refractivity contribution < 1.29 is 4.79 Å². The second-order valence-corrected chi connectivity index (χ2v) is 5.68. The predicted molar refractivity (Wildman–Crippen MR) is 69.1 cm³/mol. The summed E-state index contributed by atoms with van der Waals surface area (Å²) in [6.07, 6.45) is 6.54. The third-order valence-corrected chi connectivity index (χ3v) is 4.68. The first kappa shape index (κ1) is 11.5. The van der Waals surface area contributed by atoms with Gasteiger partial charge in [-0.15, -0.1) is 0 Å². The quantitative estimate of drug-likeness (QED) is 0.695. The summed E-state index contributed by atoms with van der Waals surface area (Å²) in [6.45, 7) is 0. The molecule has 2 aliphatic carbocycles. The van der Waals surface area contributed by atoms with E-state index in [2.05, 4.69) is 12.1 Å². The molecule has 1 atom stereocenters. The zero-order valence-corrected chi connectivity index (χ0v) is 10.5. The summed E-state index contributed by atoms with van der Waals surface area (Å²) < 4.78 is 0. The highest BCUT2D eigenvalue weighted by Crippen LogP contribution is 2.49. The largest absolute Gasteiger partial charge is 0.293 e. The number of nitriles is 1.